The lowest BCUT2D eigenvalue weighted by molar-refractivity contribution is 0.669. The normalized spacial score (nSPS) is 11.5. The minimum absolute atomic E-state index is 0.625. The van der Waals surface area contributed by atoms with Gasteiger partial charge in [-0.2, -0.15) is 0 Å². The van der Waals surface area contributed by atoms with Crippen LogP contribution >= 0.6 is 0 Å². The third-order valence-electron chi connectivity index (χ3n) is 11.8. The zero-order valence-electron chi connectivity index (χ0n) is 34.0. The van der Waals surface area contributed by atoms with Crippen LogP contribution in [-0.4, -0.2) is 19.5 Å². The Morgan fingerprint density at radius 3 is 1.54 bits per heavy atom. The van der Waals surface area contributed by atoms with E-state index in [1.54, 1.807) is 0 Å². The topological polar surface area (TPSA) is 60.0 Å². The molecule has 6 nitrogen and oxygen atoms in total. The van der Waals surface area contributed by atoms with Crippen molar-refractivity contribution in [2.45, 2.75) is 0 Å². The number of anilines is 3. The minimum atomic E-state index is 0.625. The molecule has 0 saturated heterocycles. The molecule has 0 atom stereocenters. The fourth-order valence-electron chi connectivity index (χ4n) is 8.88. The number of fused-ring (bicyclic) bond motifs is 6. The summed E-state index contributed by atoms with van der Waals surface area (Å²) in [6.07, 6.45) is 0. The molecule has 0 bridgehead atoms. The van der Waals surface area contributed by atoms with E-state index in [4.69, 9.17) is 19.4 Å². The predicted molar refractivity (Wildman–Crippen MR) is 258 cm³/mol. The maximum atomic E-state index is 6.20. The highest BCUT2D eigenvalue weighted by Crippen LogP contribution is 2.42. The largest absolute Gasteiger partial charge is 0.456 e. The van der Waals surface area contributed by atoms with Crippen LogP contribution in [0.4, 0.5) is 17.1 Å². The molecule has 0 saturated carbocycles. The fourth-order valence-corrected chi connectivity index (χ4v) is 8.88. The number of furan rings is 1. The van der Waals surface area contributed by atoms with Gasteiger partial charge in [0.25, 0.3) is 0 Å². The molecule has 12 aromatic rings. The smallest absolute Gasteiger partial charge is 0.164 e. The number of hydrogen-bond donors (Lipinski definition) is 0. The van der Waals surface area contributed by atoms with Gasteiger partial charge in [-0.15, -0.1) is 0 Å². The molecule has 12 rings (SSSR count). The SMILES string of the molecule is c1ccc(-c2nc(-c3ccccc3)nc(-c3ccc(-n4c5ccccc5c5cccc(-c6ccc(N(c7ccccc7)c7ccc8oc9ccccc9c8c7)cc6)c54)cc3)n2)cc1. The highest BCUT2D eigenvalue weighted by atomic mass is 16.3. The van der Waals surface area contributed by atoms with Gasteiger partial charge in [-0.05, 0) is 84.4 Å². The molecule has 9 aromatic carbocycles. The summed E-state index contributed by atoms with van der Waals surface area (Å²) in [4.78, 5) is 17.2. The van der Waals surface area contributed by atoms with Gasteiger partial charge in [-0.1, -0.05) is 146 Å². The Kier molecular flexibility index (Phi) is 8.71. The summed E-state index contributed by atoms with van der Waals surface area (Å²) in [5, 5.41) is 4.59. The van der Waals surface area contributed by atoms with E-state index in [0.717, 1.165) is 83.5 Å². The Morgan fingerprint density at radius 2 is 0.857 bits per heavy atom. The number of para-hydroxylation sites is 4. The van der Waals surface area contributed by atoms with Crippen LogP contribution in [0.2, 0.25) is 0 Å². The van der Waals surface area contributed by atoms with Gasteiger partial charge in [-0.25, -0.2) is 15.0 Å². The summed E-state index contributed by atoms with van der Waals surface area (Å²) in [6.45, 7) is 0. The molecule has 3 heterocycles. The minimum Gasteiger partial charge on any atom is -0.456 e. The molecule has 6 heteroatoms. The van der Waals surface area contributed by atoms with E-state index >= 15 is 0 Å². The van der Waals surface area contributed by atoms with E-state index in [9.17, 15) is 0 Å². The quantitative estimate of drug-likeness (QED) is 0.153. The summed E-state index contributed by atoms with van der Waals surface area (Å²) < 4.78 is 8.58. The molecule has 0 spiro atoms. The van der Waals surface area contributed by atoms with Crippen molar-refractivity contribution in [1.82, 2.24) is 19.5 Å². The van der Waals surface area contributed by atoms with Crippen molar-refractivity contribution >= 4 is 60.8 Å². The number of nitrogens with zero attached hydrogens (tertiary/aromatic N) is 5. The zero-order chi connectivity index (χ0) is 41.7. The van der Waals surface area contributed by atoms with Crippen molar-refractivity contribution in [3.05, 3.63) is 224 Å². The van der Waals surface area contributed by atoms with E-state index in [1.807, 2.05) is 72.8 Å². The summed E-state index contributed by atoms with van der Waals surface area (Å²) >= 11 is 0. The van der Waals surface area contributed by atoms with Gasteiger partial charge in [0.05, 0.1) is 11.0 Å². The summed E-state index contributed by atoms with van der Waals surface area (Å²) in [7, 11) is 0. The number of benzene rings is 9. The Morgan fingerprint density at radius 1 is 0.349 bits per heavy atom. The van der Waals surface area contributed by atoms with E-state index < -0.39 is 0 Å². The fraction of sp³-hybridized carbons (Fsp3) is 0. The average molecular weight is 808 g/mol. The van der Waals surface area contributed by atoms with Gasteiger partial charge < -0.3 is 13.9 Å². The average Bonchev–Trinajstić information content (AvgIpc) is 3.91. The van der Waals surface area contributed by atoms with Gasteiger partial charge in [0.1, 0.15) is 11.2 Å². The van der Waals surface area contributed by atoms with Crippen molar-refractivity contribution in [3.8, 4) is 51.0 Å². The Bertz CT molecular complexity index is 3540. The van der Waals surface area contributed by atoms with Crippen molar-refractivity contribution in [2.75, 3.05) is 4.90 Å². The first kappa shape index (κ1) is 36.3. The monoisotopic (exact) mass is 807 g/mol. The maximum absolute atomic E-state index is 6.20. The van der Waals surface area contributed by atoms with Crippen LogP contribution in [-0.2, 0) is 0 Å². The molecule has 0 fully saturated rings. The third-order valence-corrected chi connectivity index (χ3v) is 11.8. The molecule has 0 aliphatic rings. The van der Waals surface area contributed by atoms with Gasteiger partial charge in [-0.3, -0.25) is 0 Å². The third kappa shape index (κ3) is 6.40. The summed E-state index contributed by atoms with van der Waals surface area (Å²) in [6, 6.07) is 78.2. The molecule has 296 valence electrons. The molecule has 0 N–H and O–H groups in total. The second-order valence-electron chi connectivity index (χ2n) is 15.6. The maximum Gasteiger partial charge on any atom is 0.164 e. The van der Waals surface area contributed by atoms with Crippen LogP contribution in [0.3, 0.4) is 0 Å². The van der Waals surface area contributed by atoms with Gasteiger partial charge in [0.2, 0.25) is 0 Å². The highest BCUT2D eigenvalue weighted by Gasteiger charge is 2.20. The first-order valence-corrected chi connectivity index (χ1v) is 21.1. The molecule has 0 aliphatic carbocycles. The molecule has 0 radical (unpaired) electrons. The Hall–Kier alpha value is -8.61. The molecule has 0 aliphatic heterocycles. The van der Waals surface area contributed by atoms with Crippen molar-refractivity contribution in [3.63, 3.8) is 0 Å². The molecular formula is C57H37N5O. The van der Waals surface area contributed by atoms with Crippen LogP contribution in [0.15, 0.2) is 229 Å². The van der Waals surface area contributed by atoms with Crippen molar-refractivity contribution < 1.29 is 4.42 Å². The highest BCUT2D eigenvalue weighted by molar-refractivity contribution is 6.14. The number of aromatic nitrogens is 4. The molecule has 0 unspecified atom stereocenters. The lowest BCUT2D eigenvalue weighted by Gasteiger charge is -2.25. The van der Waals surface area contributed by atoms with Crippen LogP contribution in [0.25, 0.3) is 94.7 Å². The second kappa shape index (κ2) is 15.1. The van der Waals surface area contributed by atoms with Crippen molar-refractivity contribution in [1.29, 1.82) is 0 Å². The molecule has 3 aromatic heterocycles. The van der Waals surface area contributed by atoms with Gasteiger partial charge in [0, 0.05) is 66.5 Å². The number of rotatable bonds is 8. The molecule has 0 amide bonds. The van der Waals surface area contributed by atoms with Crippen molar-refractivity contribution in [2.24, 2.45) is 0 Å². The van der Waals surface area contributed by atoms with E-state index in [2.05, 4.69) is 161 Å². The van der Waals surface area contributed by atoms with Crippen LogP contribution in [0.1, 0.15) is 0 Å². The van der Waals surface area contributed by atoms with E-state index in [-0.39, 0.29) is 0 Å². The van der Waals surface area contributed by atoms with Crippen LogP contribution in [0.5, 0.6) is 0 Å². The molecule has 63 heavy (non-hydrogen) atoms. The summed E-state index contributed by atoms with van der Waals surface area (Å²) in [5.41, 5.74) is 13.4. The van der Waals surface area contributed by atoms with Gasteiger partial charge in [0.15, 0.2) is 17.5 Å². The lowest BCUT2D eigenvalue weighted by atomic mass is 10.0. The Balaban J connectivity index is 0.958. The summed E-state index contributed by atoms with van der Waals surface area (Å²) in [5.74, 6) is 1.90. The van der Waals surface area contributed by atoms with Crippen LogP contribution < -0.4 is 4.90 Å². The Labute approximate surface area is 363 Å². The van der Waals surface area contributed by atoms with Gasteiger partial charge >= 0.3 is 0 Å². The standard InChI is InChI=1S/C57H37N5O/c1-4-15-39(16-5-1)55-58-56(40-17-6-2-7-18-40)60-57(59-55)41-29-33-44(34-30-41)62-51-25-12-10-21-47(51)49-24-14-23-46(54(49)62)38-27-31-43(32-28-38)61(42-19-8-3-9-20-42)45-35-36-53-50(37-45)48-22-11-13-26-52(48)63-53/h1-37H. The second-order valence-corrected chi connectivity index (χ2v) is 15.6. The first-order chi connectivity index (χ1) is 31.2. The zero-order valence-corrected chi connectivity index (χ0v) is 34.0. The van der Waals surface area contributed by atoms with E-state index in [0.29, 0.717) is 17.5 Å². The molecular weight excluding hydrogens is 771 g/mol. The predicted octanol–water partition coefficient (Wildman–Crippen LogP) is 15.0. The van der Waals surface area contributed by atoms with E-state index in [1.165, 1.54) is 10.8 Å². The first-order valence-electron chi connectivity index (χ1n) is 21.1. The van der Waals surface area contributed by atoms with Crippen LogP contribution in [0, 0.1) is 0 Å². The lowest BCUT2D eigenvalue weighted by Crippen LogP contribution is -2.09. The number of hydrogen-bond acceptors (Lipinski definition) is 5.